The number of anilines is 1. The van der Waals surface area contributed by atoms with Gasteiger partial charge in [0.2, 0.25) is 41.6 Å². The number of carbonyl (C=O) groups is 9. The molecule has 28 nitrogen and oxygen atoms in total. The minimum atomic E-state index is -2.20. The molecule has 0 unspecified atom stereocenters. The zero-order valence-electron chi connectivity index (χ0n) is 63.2. The summed E-state index contributed by atoms with van der Waals surface area (Å²) in [6.07, 6.45) is -8.50. The van der Waals surface area contributed by atoms with Gasteiger partial charge < -0.3 is 92.1 Å². The number of ether oxygens (including phenoxy) is 4. The van der Waals surface area contributed by atoms with Gasteiger partial charge in [0.05, 0.1) is 21.9 Å². The number of aromatic hydroxyl groups is 3. The SMILES string of the molecule is CCCCc1ccc(NC(=O)NC(=O)C[C@@H]2CC(=O)[C@H](NC(=O)[C@H](CC)CC(C)C)[C@H](O)c3ccc(c(Cl)c3)Oc3cc4cc(c3O[C@@H]3O[C@H](CN)[C@@H](O)[C@H](O)[C@H]3O)Oc3ccc(cc3Cl)[C@@H](O)[C@@H]3NC(=O)[C@H](CC(=O)[C@@H]4NC2=O)c2ccc(O)c(c2)-c2c(O)cc(O)cc2[C@@H](C(=O)CC2C4CC5CC(C4)CC2C5)NC3=O)cc1. The van der Waals surface area contributed by atoms with Crippen molar-refractivity contribution in [2.45, 2.75) is 191 Å². The third kappa shape index (κ3) is 17.7. The highest BCUT2D eigenvalue weighted by atomic mass is 35.5. The molecule has 7 amide bonds. The fraction of sp³-hybridized carbons (Fsp3) is 0.464. The number of rotatable bonds is 17. The Morgan fingerprint density at radius 2 is 1.29 bits per heavy atom. The van der Waals surface area contributed by atoms with E-state index in [9.17, 15) is 55.2 Å². The maximum Gasteiger partial charge on any atom is 0.325 e. The molecule has 0 spiro atoms. The number of urea groups is 1. The van der Waals surface area contributed by atoms with Gasteiger partial charge in [-0.2, -0.15) is 0 Å². The van der Waals surface area contributed by atoms with Crippen LogP contribution in [-0.4, -0.2) is 143 Å². The lowest BCUT2D eigenvalue weighted by molar-refractivity contribution is -0.270. The van der Waals surface area contributed by atoms with Crippen molar-refractivity contribution in [2.75, 3.05) is 11.9 Å². The number of aliphatic hydroxyl groups is 5. The van der Waals surface area contributed by atoms with Crippen LogP contribution in [0.15, 0.2) is 103 Å². The number of fused-ring (bicyclic) bond motifs is 15. The average molecular weight is 1610 g/mol. The standard InChI is InChI=1S/C84H95Cl2N7O21/c1-5-7-8-38-9-14-49(15-10-38)88-84(110)89-67(100)31-48-28-59(97)71(92-79(106)41(6-2)19-37(3)4)73(101)43-12-17-62(55(85)26-43)111-64-29-47-30-65(78(64)114-83-77(105)76(104)75(103)66(36-87)113-83)112-63-18-13-44(27-56(63)86)74(102)72-82(109)91-70(61(99)34-51-45-21-39-20-40(23-45)24-46(51)22-39)54-32-50(94)33-58(96)68(54)53-25-42(11-16-57(53)95)52(81(108)93-72)35-60(98)69(47)90-80(48)107/h9-18,25-27,29-30,32-33,37,39-41,45-46,48,51-52,66,69-77,83,94-96,101-105H,5-8,19-24,28,31,34-36,87H2,1-4H3,(H,90,107)(H,91,109)(H,92,106)(H,93,108)(H2,88,89,100,110)/t39?,40?,41-,45?,46?,48+,51?,52-,66-,69-,70+,71+,72+,73-,74-,75-,76+,77-,83+/m1/s1. The third-order valence-corrected chi connectivity index (χ3v) is 24.1. The quantitative estimate of drug-likeness (QED) is 0.0404. The highest BCUT2D eigenvalue weighted by Gasteiger charge is 2.51. The molecule has 6 heterocycles. The molecule has 14 atom stereocenters. The topological polar surface area (TPSA) is 451 Å². The highest BCUT2D eigenvalue weighted by Crippen LogP contribution is 2.58. The van der Waals surface area contributed by atoms with Gasteiger partial charge in [0.25, 0.3) is 0 Å². The number of benzene rings is 6. The summed E-state index contributed by atoms with van der Waals surface area (Å²) in [5, 5.41) is 110. The number of phenolic OH excluding ortho intramolecular Hbond substituents is 3. The van der Waals surface area contributed by atoms with E-state index in [0.717, 1.165) is 87.3 Å². The summed E-state index contributed by atoms with van der Waals surface area (Å²) in [6, 6.07) is 13.2. The van der Waals surface area contributed by atoms with Crippen molar-refractivity contribution in [3.63, 3.8) is 0 Å². The number of carbonyl (C=O) groups excluding carboxylic acids is 9. The first kappa shape index (κ1) is 82.2. The van der Waals surface area contributed by atoms with Gasteiger partial charge in [-0.15, -0.1) is 0 Å². The summed E-state index contributed by atoms with van der Waals surface area (Å²) < 4.78 is 25.8. The Morgan fingerprint density at radius 3 is 1.90 bits per heavy atom. The van der Waals surface area contributed by atoms with Gasteiger partial charge in [-0.3, -0.25) is 43.7 Å². The molecule has 606 valence electrons. The van der Waals surface area contributed by atoms with E-state index in [0.29, 0.717) is 18.3 Å². The van der Waals surface area contributed by atoms with Crippen molar-refractivity contribution in [1.29, 1.82) is 0 Å². The second-order valence-corrected chi connectivity index (χ2v) is 32.7. The van der Waals surface area contributed by atoms with Gasteiger partial charge in [-0.05, 0) is 193 Å². The molecule has 6 aliphatic heterocycles. The molecule has 16 rings (SSSR count). The Bertz CT molecular complexity index is 4690. The molecule has 0 aromatic heterocycles. The first-order valence-electron chi connectivity index (χ1n) is 38.9. The van der Waals surface area contributed by atoms with E-state index in [-0.39, 0.29) is 103 Å². The number of nitrogens with two attached hydrogens (primary N) is 1. The summed E-state index contributed by atoms with van der Waals surface area (Å²) >= 11 is 14.3. The minimum absolute atomic E-state index is 0.0284. The minimum Gasteiger partial charge on any atom is -0.508 e. The second kappa shape index (κ2) is 34.8. The Balaban J connectivity index is 0.991. The summed E-state index contributed by atoms with van der Waals surface area (Å²) in [4.78, 5) is 138. The summed E-state index contributed by atoms with van der Waals surface area (Å²) in [5.41, 5.74) is 5.78. The molecule has 15 bridgehead atoms. The number of aliphatic hydroxyl groups excluding tert-OH is 5. The molecule has 5 fully saturated rings. The van der Waals surface area contributed by atoms with E-state index in [4.69, 9.17) is 47.9 Å². The van der Waals surface area contributed by atoms with Crippen LogP contribution in [0.25, 0.3) is 11.1 Å². The van der Waals surface area contributed by atoms with Gasteiger partial charge in [-0.1, -0.05) is 87.6 Å². The summed E-state index contributed by atoms with van der Waals surface area (Å²) in [6.45, 7) is 7.13. The maximum absolute atomic E-state index is 16.5. The van der Waals surface area contributed by atoms with Crippen LogP contribution >= 0.6 is 23.2 Å². The monoisotopic (exact) mass is 1610 g/mol. The van der Waals surface area contributed by atoms with Gasteiger partial charge in [0, 0.05) is 61.0 Å². The van der Waals surface area contributed by atoms with E-state index in [1.54, 1.807) is 31.2 Å². The van der Waals surface area contributed by atoms with Crippen molar-refractivity contribution in [3.05, 3.63) is 147 Å². The van der Waals surface area contributed by atoms with E-state index in [2.05, 4.69) is 31.9 Å². The lowest BCUT2D eigenvalue weighted by Crippen LogP contribution is -2.60. The smallest absolute Gasteiger partial charge is 0.325 e. The Morgan fingerprint density at radius 1 is 0.649 bits per heavy atom. The third-order valence-electron chi connectivity index (χ3n) is 23.5. The number of nitrogens with one attached hydrogen (secondary N) is 6. The van der Waals surface area contributed by atoms with Crippen molar-refractivity contribution in [1.82, 2.24) is 26.6 Å². The van der Waals surface area contributed by atoms with Gasteiger partial charge in [-0.25, -0.2) is 4.79 Å². The van der Waals surface area contributed by atoms with Crippen molar-refractivity contribution < 1.29 is 103 Å². The number of hydrogen-bond acceptors (Lipinski definition) is 22. The molecule has 4 saturated carbocycles. The molecular formula is C84H95Cl2N7O21. The number of amides is 7. The van der Waals surface area contributed by atoms with Crippen LogP contribution in [0.4, 0.5) is 10.5 Å². The number of phenols is 3. The number of hydrogen-bond donors (Lipinski definition) is 15. The molecule has 30 heteroatoms. The Hall–Kier alpha value is -9.75. The fourth-order valence-corrected chi connectivity index (χ4v) is 18.2. The number of Topliss-reactive ketones (excluding diaryl/α,β-unsaturated/α-hetero) is 3. The second-order valence-electron chi connectivity index (χ2n) is 31.8. The van der Waals surface area contributed by atoms with E-state index >= 15 is 28.8 Å². The Kier molecular flexibility index (Phi) is 25.1. The maximum atomic E-state index is 16.5. The normalized spacial score (nSPS) is 28.2. The zero-order chi connectivity index (χ0) is 81.4. The lowest BCUT2D eigenvalue weighted by atomic mass is 9.51. The first-order valence-corrected chi connectivity index (χ1v) is 39.6. The van der Waals surface area contributed by atoms with E-state index in [1.165, 1.54) is 48.5 Å². The van der Waals surface area contributed by atoms with Crippen LogP contribution in [0.5, 0.6) is 46.0 Å². The highest BCUT2D eigenvalue weighted by molar-refractivity contribution is 6.32. The van der Waals surface area contributed by atoms with E-state index < -0.39 is 198 Å². The number of unbranched alkanes of at least 4 members (excludes halogenated alkanes) is 1. The average Bonchev–Trinajstić information content (AvgIpc) is 0.759. The number of halogens is 2. The summed E-state index contributed by atoms with van der Waals surface area (Å²) in [7, 11) is 0. The molecular weight excluding hydrogens is 1510 g/mol. The molecule has 6 aromatic carbocycles. The van der Waals surface area contributed by atoms with Crippen LogP contribution in [-0.2, 0) is 49.5 Å². The number of aryl methyl sites for hydroxylation is 1. The fourth-order valence-electron chi connectivity index (χ4n) is 17.7. The van der Waals surface area contributed by atoms with E-state index in [1.807, 2.05) is 20.8 Å². The van der Waals surface area contributed by atoms with Gasteiger partial charge in [0.15, 0.2) is 28.8 Å². The molecule has 1 saturated heterocycles. The predicted molar refractivity (Wildman–Crippen MR) is 414 cm³/mol. The lowest BCUT2D eigenvalue weighted by Gasteiger charge is -2.54. The molecule has 10 aliphatic rings. The summed E-state index contributed by atoms with van der Waals surface area (Å²) in [5.74, 6) is -15.6. The van der Waals surface area contributed by atoms with Gasteiger partial charge >= 0.3 is 6.03 Å². The van der Waals surface area contributed by atoms with Crippen LogP contribution in [0.2, 0.25) is 10.0 Å². The zero-order valence-corrected chi connectivity index (χ0v) is 64.7. The van der Waals surface area contributed by atoms with Crippen LogP contribution in [0, 0.1) is 47.3 Å². The van der Waals surface area contributed by atoms with Crippen molar-refractivity contribution in [2.24, 2.45) is 53.1 Å². The number of imide groups is 1. The molecule has 6 aromatic rings. The first-order chi connectivity index (χ1) is 54.4. The number of ketones is 3. The van der Waals surface area contributed by atoms with Crippen molar-refractivity contribution >= 4 is 81.8 Å². The molecule has 16 N–H and O–H groups in total. The largest absolute Gasteiger partial charge is 0.508 e. The van der Waals surface area contributed by atoms with Crippen molar-refractivity contribution in [3.8, 4) is 57.1 Å². The predicted octanol–water partition coefficient (Wildman–Crippen LogP) is 9.40. The Labute approximate surface area is 667 Å². The molecule has 0 radical (unpaired) electrons. The molecule has 114 heavy (non-hydrogen) atoms. The van der Waals surface area contributed by atoms with Crippen LogP contribution < -0.4 is 51.8 Å². The van der Waals surface area contributed by atoms with Gasteiger partial charge in [0.1, 0.15) is 89.5 Å². The van der Waals surface area contributed by atoms with Crippen LogP contribution in [0.1, 0.15) is 175 Å². The van der Waals surface area contributed by atoms with Crippen LogP contribution in [0.3, 0.4) is 0 Å². The molecule has 4 aliphatic carbocycles.